The highest BCUT2D eigenvalue weighted by Gasteiger charge is 2.31. The van der Waals surface area contributed by atoms with Crippen molar-refractivity contribution >= 4 is 24.1 Å². The van der Waals surface area contributed by atoms with Crippen LogP contribution in [0.15, 0.2) is 0 Å². The summed E-state index contributed by atoms with van der Waals surface area (Å²) in [7, 11) is 3.45. The number of carbonyl (C=O) groups is 1. The molecule has 0 aliphatic carbocycles. The number of esters is 1. The van der Waals surface area contributed by atoms with Crippen LogP contribution in [0.25, 0.3) is 0 Å². The molecule has 0 N–H and O–H groups in total. The molecule has 0 radical (unpaired) electrons. The Bertz CT molecular complexity index is 442. The molecule has 24 heavy (non-hydrogen) atoms. The third kappa shape index (κ3) is 7.42. The fourth-order valence-electron chi connectivity index (χ4n) is 2.25. The molecule has 0 bridgehead atoms. The fourth-order valence-corrected chi connectivity index (χ4v) is 4.54. The van der Waals surface area contributed by atoms with E-state index in [9.17, 15) is 9.36 Å². The van der Waals surface area contributed by atoms with Crippen molar-refractivity contribution in [1.29, 1.82) is 0 Å². The van der Waals surface area contributed by atoms with Crippen LogP contribution in [0.4, 0.5) is 0 Å². The number of likely N-dealkylation sites (N-methyl/N-ethyl adjacent to an activating group) is 1. The van der Waals surface area contributed by atoms with E-state index in [0.717, 1.165) is 50.5 Å². The summed E-state index contributed by atoms with van der Waals surface area (Å²) < 4.78 is 27.3. The molecule has 1 saturated heterocycles. The maximum Gasteiger partial charge on any atom is 0.392 e. The number of nitrogens with zero attached hydrogens (tertiary/aromatic N) is 2. The molecule has 1 unspecified atom stereocenters. The Labute approximate surface area is 149 Å². The summed E-state index contributed by atoms with van der Waals surface area (Å²) in [5, 5.41) is 0. The molecule has 1 rings (SSSR count). The number of rotatable bonds is 10. The summed E-state index contributed by atoms with van der Waals surface area (Å²) in [6.45, 7) is 7.61. The van der Waals surface area contributed by atoms with Crippen molar-refractivity contribution in [3.8, 4) is 0 Å². The Morgan fingerprint density at radius 1 is 1.25 bits per heavy atom. The third-order valence-electron chi connectivity index (χ3n) is 4.11. The van der Waals surface area contributed by atoms with Gasteiger partial charge in [0.2, 0.25) is 0 Å². The van der Waals surface area contributed by atoms with Crippen LogP contribution in [-0.2, 0) is 23.1 Å². The van der Waals surface area contributed by atoms with Gasteiger partial charge in [0.15, 0.2) is 0 Å². The van der Waals surface area contributed by atoms with Crippen molar-refractivity contribution in [3.05, 3.63) is 0 Å². The van der Waals surface area contributed by atoms with E-state index >= 15 is 0 Å². The Kier molecular flexibility index (Phi) is 9.27. The first-order valence-electron chi connectivity index (χ1n) is 8.25. The van der Waals surface area contributed by atoms with E-state index < -0.39 is 12.2 Å². The first kappa shape index (κ1) is 21.9. The first-order valence-corrected chi connectivity index (χ1v) is 11.4. The van der Waals surface area contributed by atoms with Crippen molar-refractivity contribution in [2.24, 2.45) is 5.41 Å². The molecule has 1 aliphatic rings. The Morgan fingerprint density at radius 3 is 2.42 bits per heavy atom. The average molecular weight is 382 g/mol. The van der Waals surface area contributed by atoms with Crippen LogP contribution in [0.2, 0.25) is 0 Å². The predicted molar refractivity (Wildman–Crippen MR) is 97.1 cm³/mol. The van der Waals surface area contributed by atoms with Crippen molar-refractivity contribution in [3.63, 3.8) is 0 Å². The lowest BCUT2D eigenvalue weighted by Crippen LogP contribution is -2.45. The van der Waals surface area contributed by atoms with E-state index in [-0.39, 0.29) is 18.5 Å². The smallest absolute Gasteiger partial charge is 0.392 e. The minimum atomic E-state index is -3.23. The highest BCUT2D eigenvalue weighted by Crippen LogP contribution is 2.59. The van der Waals surface area contributed by atoms with Gasteiger partial charge < -0.3 is 23.6 Å². The van der Waals surface area contributed by atoms with Crippen LogP contribution < -0.4 is 0 Å². The molecule has 0 aromatic rings. The standard InChI is InChI=1S/C15H31N2O5PS/c1-6-22-23(19,20-5)24-13-21-14(18)15(2,3)7-8-17-11-9-16(4)10-12-17/h6-13H2,1-5H3. The van der Waals surface area contributed by atoms with Crippen molar-refractivity contribution in [2.45, 2.75) is 27.2 Å². The minimum Gasteiger partial charge on any atom is -0.454 e. The maximum atomic E-state index is 12.3. The van der Waals surface area contributed by atoms with Gasteiger partial charge in [-0.3, -0.25) is 4.79 Å². The van der Waals surface area contributed by atoms with E-state index in [1.165, 1.54) is 7.11 Å². The van der Waals surface area contributed by atoms with Crippen LogP contribution in [0.5, 0.6) is 0 Å². The lowest BCUT2D eigenvalue weighted by molar-refractivity contribution is -0.152. The Morgan fingerprint density at radius 2 is 1.88 bits per heavy atom. The van der Waals surface area contributed by atoms with Gasteiger partial charge in [-0.2, -0.15) is 0 Å². The second-order valence-electron chi connectivity index (χ2n) is 6.51. The van der Waals surface area contributed by atoms with Gasteiger partial charge in [-0.15, -0.1) is 0 Å². The second kappa shape index (κ2) is 10.1. The number of ether oxygens (including phenoxy) is 1. The molecule has 7 nitrogen and oxygen atoms in total. The van der Waals surface area contributed by atoms with Gasteiger partial charge in [0.25, 0.3) is 0 Å². The molecule has 9 heteroatoms. The van der Waals surface area contributed by atoms with Crippen LogP contribution in [0, 0.1) is 5.41 Å². The molecule has 1 aliphatic heterocycles. The highest BCUT2D eigenvalue weighted by molar-refractivity contribution is 8.55. The first-order chi connectivity index (χ1) is 11.2. The molecule has 0 aromatic heterocycles. The fraction of sp³-hybridized carbons (Fsp3) is 0.933. The third-order valence-corrected chi connectivity index (χ3v) is 7.70. The zero-order valence-electron chi connectivity index (χ0n) is 15.4. The van der Waals surface area contributed by atoms with Crippen LogP contribution in [0.1, 0.15) is 27.2 Å². The van der Waals surface area contributed by atoms with Crippen LogP contribution in [0.3, 0.4) is 0 Å². The summed E-state index contributed by atoms with van der Waals surface area (Å²) in [5.74, 6) is -0.328. The summed E-state index contributed by atoms with van der Waals surface area (Å²) in [5.41, 5.74) is -0.577. The molecule has 0 amide bonds. The van der Waals surface area contributed by atoms with Crippen molar-refractivity contribution in [1.82, 2.24) is 9.80 Å². The zero-order chi connectivity index (χ0) is 18.2. The molecule has 1 atom stereocenters. The summed E-state index contributed by atoms with van der Waals surface area (Å²) >= 11 is 0.891. The van der Waals surface area contributed by atoms with Gasteiger partial charge in [-0.05, 0) is 40.8 Å². The molecular formula is C15H31N2O5PS. The van der Waals surface area contributed by atoms with Gasteiger partial charge in [-0.1, -0.05) is 0 Å². The van der Waals surface area contributed by atoms with Crippen LogP contribution in [-0.4, -0.2) is 75.2 Å². The topological polar surface area (TPSA) is 68.3 Å². The predicted octanol–water partition coefficient (Wildman–Crippen LogP) is 2.68. The molecule has 0 saturated carbocycles. The second-order valence-corrected chi connectivity index (χ2v) is 10.6. The summed E-state index contributed by atoms with van der Waals surface area (Å²) in [4.78, 5) is 17.0. The van der Waals surface area contributed by atoms with E-state index in [0.29, 0.717) is 0 Å². The van der Waals surface area contributed by atoms with Crippen molar-refractivity contribution in [2.75, 3.05) is 59.4 Å². The largest absolute Gasteiger partial charge is 0.454 e. The van der Waals surface area contributed by atoms with E-state index in [1.54, 1.807) is 6.92 Å². The highest BCUT2D eigenvalue weighted by atomic mass is 32.7. The minimum absolute atomic E-state index is 0.0398. The lowest BCUT2D eigenvalue weighted by atomic mass is 9.89. The SMILES string of the molecule is CCOP(=O)(OC)SCOC(=O)C(C)(C)CCN1CCN(C)CC1. The van der Waals surface area contributed by atoms with Gasteiger partial charge in [-0.25, -0.2) is 4.57 Å². The Hall–Kier alpha value is -0.110. The molecular weight excluding hydrogens is 351 g/mol. The maximum absolute atomic E-state index is 12.3. The number of hydrogen-bond acceptors (Lipinski definition) is 8. The van der Waals surface area contributed by atoms with Gasteiger partial charge >= 0.3 is 12.8 Å². The summed E-state index contributed by atoms with van der Waals surface area (Å²) in [6.07, 6.45) is 0.730. The molecule has 0 spiro atoms. The van der Waals surface area contributed by atoms with Gasteiger partial charge in [0, 0.05) is 44.7 Å². The quantitative estimate of drug-likeness (QED) is 0.325. The number of carbonyl (C=O) groups excluding carboxylic acids is 1. The average Bonchev–Trinajstić information content (AvgIpc) is 2.54. The molecule has 1 heterocycles. The van der Waals surface area contributed by atoms with Gasteiger partial charge in [0.05, 0.1) is 12.0 Å². The number of hydrogen-bond donors (Lipinski definition) is 0. The summed E-state index contributed by atoms with van der Waals surface area (Å²) in [6, 6.07) is 0. The lowest BCUT2D eigenvalue weighted by Gasteiger charge is -2.34. The van der Waals surface area contributed by atoms with E-state index in [2.05, 4.69) is 16.8 Å². The van der Waals surface area contributed by atoms with E-state index in [1.807, 2.05) is 13.8 Å². The van der Waals surface area contributed by atoms with Gasteiger partial charge in [0.1, 0.15) is 5.94 Å². The van der Waals surface area contributed by atoms with E-state index in [4.69, 9.17) is 13.8 Å². The molecule has 142 valence electrons. The normalized spacial score (nSPS) is 19.9. The zero-order valence-corrected chi connectivity index (χ0v) is 17.2. The Balaban J connectivity index is 2.35. The van der Waals surface area contributed by atoms with Crippen LogP contribution >= 0.6 is 18.2 Å². The number of piperazine rings is 1. The monoisotopic (exact) mass is 382 g/mol. The molecule has 0 aromatic carbocycles. The molecule has 1 fully saturated rings. The van der Waals surface area contributed by atoms with Crippen molar-refractivity contribution < 1.29 is 23.1 Å².